The molecule has 0 bridgehead atoms. The first-order valence-corrected chi connectivity index (χ1v) is 10.3. The first-order valence-electron chi connectivity index (χ1n) is 9.09. The Morgan fingerprint density at radius 2 is 1.76 bits per heavy atom. The molecule has 29 heavy (non-hydrogen) atoms. The number of halogens is 1. The van der Waals surface area contributed by atoms with Gasteiger partial charge < -0.3 is 10.1 Å². The lowest BCUT2D eigenvalue weighted by Crippen LogP contribution is -2.20. The van der Waals surface area contributed by atoms with Gasteiger partial charge in [-0.2, -0.15) is 0 Å². The van der Waals surface area contributed by atoms with E-state index in [4.69, 9.17) is 16.3 Å². The summed E-state index contributed by atoms with van der Waals surface area (Å²) in [6.45, 7) is 6.01. The second kappa shape index (κ2) is 9.11. The molecule has 1 heterocycles. The number of nitrogens with one attached hydrogen (secondary N) is 2. The number of thiophene rings is 1. The van der Waals surface area contributed by atoms with E-state index < -0.39 is 12.0 Å². The molecule has 0 fully saturated rings. The Morgan fingerprint density at radius 1 is 1.03 bits per heavy atom. The molecule has 2 aromatic carbocycles. The summed E-state index contributed by atoms with van der Waals surface area (Å²) >= 11 is 7.15. The smallest absolute Gasteiger partial charge is 0.341 e. The highest BCUT2D eigenvalue weighted by Crippen LogP contribution is 2.38. The number of carbonyl (C=O) groups is 2. The summed E-state index contributed by atoms with van der Waals surface area (Å²) in [6.07, 6.45) is 0. The number of esters is 1. The van der Waals surface area contributed by atoms with Crippen molar-refractivity contribution in [1.29, 1.82) is 0 Å². The van der Waals surface area contributed by atoms with Crippen LogP contribution >= 0.6 is 22.9 Å². The summed E-state index contributed by atoms with van der Waals surface area (Å²) in [5.74, 6) is -0.467. The molecule has 0 aliphatic heterocycles. The van der Waals surface area contributed by atoms with Crippen LogP contribution in [0.4, 0.5) is 15.5 Å². The molecule has 0 radical (unpaired) electrons. The molecule has 0 aliphatic rings. The van der Waals surface area contributed by atoms with Gasteiger partial charge in [-0.05, 0) is 56.2 Å². The highest BCUT2D eigenvalue weighted by atomic mass is 35.5. The monoisotopic (exact) mass is 428 g/mol. The number of benzene rings is 2. The van der Waals surface area contributed by atoms with Gasteiger partial charge in [-0.3, -0.25) is 5.32 Å². The van der Waals surface area contributed by atoms with E-state index in [1.54, 1.807) is 31.2 Å². The predicted molar refractivity (Wildman–Crippen MR) is 119 cm³/mol. The van der Waals surface area contributed by atoms with Gasteiger partial charge in [0.15, 0.2) is 0 Å². The van der Waals surface area contributed by atoms with Crippen LogP contribution in [0.15, 0.2) is 47.8 Å². The fraction of sp³-hybridized carbons (Fsp3) is 0.182. The van der Waals surface area contributed by atoms with Gasteiger partial charge in [0.05, 0.1) is 6.61 Å². The van der Waals surface area contributed by atoms with E-state index in [9.17, 15) is 9.59 Å². The van der Waals surface area contributed by atoms with Crippen molar-refractivity contribution in [2.45, 2.75) is 20.8 Å². The Hall–Kier alpha value is -2.83. The van der Waals surface area contributed by atoms with Crippen LogP contribution in [0.5, 0.6) is 0 Å². The molecule has 7 heteroatoms. The maximum Gasteiger partial charge on any atom is 0.341 e. The first kappa shape index (κ1) is 20.9. The molecule has 0 spiro atoms. The van der Waals surface area contributed by atoms with Crippen LogP contribution in [0.25, 0.3) is 11.1 Å². The van der Waals surface area contributed by atoms with Gasteiger partial charge in [0.25, 0.3) is 0 Å². The van der Waals surface area contributed by atoms with Crippen LogP contribution < -0.4 is 10.6 Å². The van der Waals surface area contributed by atoms with E-state index >= 15 is 0 Å². The average Bonchev–Trinajstić information content (AvgIpc) is 3.07. The third-order valence-electron chi connectivity index (χ3n) is 4.27. The normalized spacial score (nSPS) is 10.5. The fourth-order valence-electron chi connectivity index (χ4n) is 2.97. The summed E-state index contributed by atoms with van der Waals surface area (Å²) in [7, 11) is 0. The van der Waals surface area contributed by atoms with Crippen LogP contribution in [-0.4, -0.2) is 18.6 Å². The van der Waals surface area contributed by atoms with Crippen molar-refractivity contribution in [2.24, 2.45) is 0 Å². The molecule has 1 aromatic heterocycles. The third kappa shape index (κ3) is 4.96. The molecule has 0 saturated heterocycles. The van der Waals surface area contributed by atoms with Gasteiger partial charge in [-0.25, -0.2) is 9.59 Å². The van der Waals surface area contributed by atoms with Crippen molar-refractivity contribution in [3.63, 3.8) is 0 Å². The standard InChI is InChI=1S/C22H21ClN2O3S/c1-4-28-21(26)19-18(17-10-5-13(2)11-14(17)3)12-29-20(19)25-22(27)24-16-8-6-15(23)7-9-16/h5-12H,4H2,1-3H3,(H2,24,25,27). The van der Waals surface area contributed by atoms with Gasteiger partial charge in [-0.15, -0.1) is 11.3 Å². The molecule has 0 aliphatic carbocycles. The van der Waals surface area contributed by atoms with Crippen LogP contribution in [0.3, 0.4) is 0 Å². The Morgan fingerprint density at radius 3 is 2.41 bits per heavy atom. The van der Waals surface area contributed by atoms with E-state index in [0.29, 0.717) is 21.3 Å². The van der Waals surface area contributed by atoms with E-state index in [1.165, 1.54) is 11.3 Å². The Balaban J connectivity index is 1.92. The molecule has 150 valence electrons. The summed E-state index contributed by atoms with van der Waals surface area (Å²) in [4.78, 5) is 25.1. The Bertz CT molecular complexity index is 1040. The van der Waals surface area contributed by atoms with Crippen molar-refractivity contribution in [2.75, 3.05) is 17.2 Å². The van der Waals surface area contributed by atoms with Gasteiger partial charge in [0, 0.05) is 21.7 Å². The molecule has 3 rings (SSSR count). The molecule has 3 aromatic rings. The number of ether oxygens (including phenoxy) is 1. The topological polar surface area (TPSA) is 67.4 Å². The van der Waals surface area contributed by atoms with E-state index in [0.717, 1.165) is 22.3 Å². The number of carbonyl (C=O) groups excluding carboxylic acids is 2. The summed E-state index contributed by atoms with van der Waals surface area (Å²) in [5, 5.41) is 8.38. The first-order chi connectivity index (χ1) is 13.9. The lowest BCUT2D eigenvalue weighted by atomic mass is 9.98. The molecule has 5 nitrogen and oxygen atoms in total. The van der Waals surface area contributed by atoms with E-state index in [-0.39, 0.29) is 6.61 Å². The minimum atomic E-state index is -0.467. The highest BCUT2D eigenvalue weighted by molar-refractivity contribution is 7.15. The number of hydrogen-bond donors (Lipinski definition) is 2. The molecule has 2 amide bonds. The van der Waals surface area contributed by atoms with Crippen LogP contribution in [-0.2, 0) is 4.74 Å². The van der Waals surface area contributed by atoms with Crippen LogP contribution in [0.2, 0.25) is 5.02 Å². The highest BCUT2D eigenvalue weighted by Gasteiger charge is 2.23. The largest absolute Gasteiger partial charge is 0.462 e. The second-order valence-corrected chi connectivity index (χ2v) is 7.79. The summed E-state index contributed by atoms with van der Waals surface area (Å²) in [5.41, 5.74) is 4.81. The van der Waals surface area contributed by atoms with Crippen LogP contribution in [0, 0.1) is 13.8 Å². The van der Waals surface area contributed by atoms with Gasteiger partial charge in [-0.1, -0.05) is 35.4 Å². The van der Waals surface area contributed by atoms with Crippen molar-refractivity contribution < 1.29 is 14.3 Å². The second-order valence-electron chi connectivity index (χ2n) is 6.48. The molecular formula is C22H21ClN2O3S. The SMILES string of the molecule is CCOC(=O)c1c(-c2ccc(C)cc2C)csc1NC(=O)Nc1ccc(Cl)cc1. The number of aryl methyl sites for hydroxylation is 2. The predicted octanol–water partition coefficient (Wildman–Crippen LogP) is 6.51. The van der Waals surface area contributed by atoms with Crippen molar-refractivity contribution in [1.82, 2.24) is 0 Å². The number of amides is 2. The lowest BCUT2D eigenvalue weighted by molar-refractivity contribution is 0.0529. The number of hydrogen-bond acceptors (Lipinski definition) is 4. The number of rotatable bonds is 5. The average molecular weight is 429 g/mol. The van der Waals surface area contributed by atoms with Gasteiger partial charge in [0.1, 0.15) is 10.6 Å². The lowest BCUT2D eigenvalue weighted by Gasteiger charge is -2.11. The van der Waals surface area contributed by atoms with Crippen molar-refractivity contribution >= 4 is 45.6 Å². The van der Waals surface area contributed by atoms with Crippen molar-refractivity contribution in [3.05, 3.63) is 69.6 Å². The zero-order valence-corrected chi connectivity index (χ0v) is 17.9. The maximum atomic E-state index is 12.7. The molecule has 0 atom stereocenters. The summed E-state index contributed by atoms with van der Waals surface area (Å²) < 4.78 is 5.25. The third-order valence-corrected chi connectivity index (χ3v) is 5.42. The number of urea groups is 1. The Labute approximate surface area is 178 Å². The van der Waals surface area contributed by atoms with Crippen LogP contribution in [0.1, 0.15) is 28.4 Å². The zero-order chi connectivity index (χ0) is 21.0. The van der Waals surface area contributed by atoms with E-state index in [1.807, 2.05) is 31.4 Å². The molecule has 0 saturated carbocycles. The Kier molecular flexibility index (Phi) is 6.56. The zero-order valence-electron chi connectivity index (χ0n) is 16.3. The molecule has 2 N–H and O–H groups in total. The minimum Gasteiger partial charge on any atom is -0.462 e. The molecular weight excluding hydrogens is 408 g/mol. The minimum absolute atomic E-state index is 0.247. The summed E-state index contributed by atoms with van der Waals surface area (Å²) in [6, 6.07) is 12.3. The van der Waals surface area contributed by atoms with Gasteiger partial charge >= 0.3 is 12.0 Å². The fourth-order valence-corrected chi connectivity index (χ4v) is 4.04. The van der Waals surface area contributed by atoms with Crippen molar-refractivity contribution in [3.8, 4) is 11.1 Å². The quantitative estimate of drug-likeness (QED) is 0.455. The molecule has 0 unspecified atom stereocenters. The maximum absolute atomic E-state index is 12.7. The van der Waals surface area contributed by atoms with E-state index in [2.05, 4.69) is 16.7 Å². The number of anilines is 2. The van der Waals surface area contributed by atoms with Gasteiger partial charge in [0.2, 0.25) is 0 Å².